The highest BCUT2D eigenvalue weighted by Gasteiger charge is 2.23. The zero-order valence-electron chi connectivity index (χ0n) is 14.9. The molecule has 0 spiro atoms. The molecule has 0 fully saturated rings. The van der Waals surface area contributed by atoms with Gasteiger partial charge in [-0.15, -0.1) is 11.3 Å². The molecule has 1 aliphatic carbocycles. The number of fused-ring (bicyclic) bond motifs is 2. The number of carbonyl (C=O) groups excluding carboxylic acids is 2. The van der Waals surface area contributed by atoms with Gasteiger partial charge in [0, 0.05) is 10.3 Å². The van der Waals surface area contributed by atoms with Gasteiger partial charge in [0.05, 0.1) is 12.1 Å². The monoisotopic (exact) mass is 387 g/mol. The van der Waals surface area contributed by atoms with Crippen LogP contribution in [-0.2, 0) is 22.4 Å². The number of hydrogen-bond acceptors (Lipinski definition) is 6. The molecule has 6 nitrogen and oxygen atoms in total. The van der Waals surface area contributed by atoms with E-state index in [9.17, 15) is 9.59 Å². The van der Waals surface area contributed by atoms with Gasteiger partial charge in [0.15, 0.2) is 18.1 Å². The summed E-state index contributed by atoms with van der Waals surface area (Å²) in [6.07, 6.45) is 3.93. The molecule has 1 N–H and O–H groups in total. The number of aryl methyl sites for hydroxylation is 1. The van der Waals surface area contributed by atoms with Crippen LogP contribution in [0.25, 0.3) is 0 Å². The lowest BCUT2D eigenvalue weighted by atomic mass is 9.96. The number of nitrogens with one attached hydrogen (secondary N) is 1. The molecule has 0 radical (unpaired) electrons. The van der Waals surface area contributed by atoms with Crippen LogP contribution in [-0.4, -0.2) is 37.7 Å². The van der Waals surface area contributed by atoms with Crippen molar-refractivity contribution >= 4 is 23.2 Å². The van der Waals surface area contributed by atoms with E-state index in [4.69, 9.17) is 14.2 Å². The predicted molar refractivity (Wildman–Crippen MR) is 101 cm³/mol. The predicted octanol–water partition coefficient (Wildman–Crippen LogP) is 2.74. The number of para-hydroxylation sites is 2. The van der Waals surface area contributed by atoms with E-state index in [0.29, 0.717) is 30.2 Å². The fourth-order valence-corrected chi connectivity index (χ4v) is 4.43. The summed E-state index contributed by atoms with van der Waals surface area (Å²) in [4.78, 5) is 25.6. The quantitative estimate of drug-likeness (QED) is 0.799. The van der Waals surface area contributed by atoms with Gasteiger partial charge in [-0.05, 0) is 43.4 Å². The number of esters is 1. The lowest BCUT2D eigenvalue weighted by Gasteiger charge is -2.26. The summed E-state index contributed by atoms with van der Waals surface area (Å²) in [6.45, 7) is 0.351. The van der Waals surface area contributed by atoms with Crippen molar-refractivity contribution < 1.29 is 23.8 Å². The molecule has 0 bridgehead atoms. The van der Waals surface area contributed by atoms with Gasteiger partial charge < -0.3 is 19.5 Å². The molecular formula is C20H21NO5S. The number of hydrogen-bond donors (Lipinski definition) is 1. The third-order valence-electron chi connectivity index (χ3n) is 4.71. The number of benzene rings is 1. The van der Waals surface area contributed by atoms with Gasteiger partial charge in [0.25, 0.3) is 5.91 Å². The third kappa shape index (κ3) is 4.08. The van der Waals surface area contributed by atoms with Crippen LogP contribution in [0.5, 0.6) is 11.5 Å². The van der Waals surface area contributed by atoms with Crippen molar-refractivity contribution in [1.29, 1.82) is 0 Å². The smallest absolute Gasteiger partial charge is 0.339 e. The topological polar surface area (TPSA) is 73.9 Å². The second-order valence-corrected chi connectivity index (χ2v) is 7.60. The maximum absolute atomic E-state index is 12.3. The summed E-state index contributed by atoms with van der Waals surface area (Å²) in [5, 5.41) is 4.58. The molecule has 0 saturated heterocycles. The van der Waals surface area contributed by atoms with Gasteiger partial charge in [-0.2, -0.15) is 0 Å². The minimum absolute atomic E-state index is 0.275. The summed E-state index contributed by atoms with van der Waals surface area (Å²) >= 11 is 1.61. The van der Waals surface area contributed by atoms with Crippen molar-refractivity contribution in [2.24, 2.45) is 0 Å². The van der Waals surface area contributed by atoms with Crippen LogP contribution in [0.1, 0.15) is 33.6 Å². The highest BCUT2D eigenvalue weighted by atomic mass is 32.1. The van der Waals surface area contributed by atoms with E-state index in [1.807, 2.05) is 29.6 Å². The standard InChI is InChI=1S/C20H21NO5S/c22-19(21-9-13-10-24-16-6-2-3-7-17(16)26-13)11-25-20(23)15-12-27-18-8-4-1-5-14(15)18/h2-3,6-7,12-13H,1,4-5,8-11H2,(H,21,22)/t13-/m1/s1. The van der Waals surface area contributed by atoms with Gasteiger partial charge in [-0.25, -0.2) is 4.79 Å². The lowest BCUT2D eigenvalue weighted by Crippen LogP contribution is -2.42. The molecule has 1 aromatic heterocycles. The highest BCUT2D eigenvalue weighted by Crippen LogP contribution is 2.31. The number of rotatable bonds is 5. The molecular weight excluding hydrogens is 366 g/mol. The summed E-state index contributed by atoms with van der Waals surface area (Å²) in [5.74, 6) is 0.593. The van der Waals surface area contributed by atoms with E-state index in [-0.39, 0.29) is 18.6 Å². The summed E-state index contributed by atoms with van der Waals surface area (Å²) in [7, 11) is 0. The first-order valence-corrected chi connectivity index (χ1v) is 10.00. The molecule has 1 aliphatic heterocycles. The second-order valence-electron chi connectivity index (χ2n) is 6.64. The minimum atomic E-state index is -0.421. The molecule has 0 saturated carbocycles. The van der Waals surface area contributed by atoms with E-state index in [0.717, 1.165) is 24.8 Å². The van der Waals surface area contributed by atoms with Crippen molar-refractivity contribution in [3.05, 3.63) is 45.6 Å². The van der Waals surface area contributed by atoms with E-state index in [1.54, 1.807) is 11.3 Å². The molecule has 4 rings (SSSR count). The van der Waals surface area contributed by atoms with Crippen molar-refractivity contribution in [3.63, 3.8) is 0 Å². The van der Waals surface area contributed by atoms with Gasteiger partial charge in [0.1, 0.15) is 12.7 Å². The molecule has 2 aliphatic rings. The molecule has 2 heterocycles. The molecule has 142 valence electrons. The average molecular weight is 387 g/mol. The van der Waals surface area contributed by atoms with Crippen molar-refractivity contribution in [2.45, 2.75) is 31.8 Å². The van der Waals surface area contributed by atoms with E-state index in [2.05, 4.69) is 5.32 Å². The van der Waals surface area contributed by atoms with Gasteiger partial charge >= 0.3 is 5.97 Å². The van der Waals surface area contributed by atoms with Crippen molar-refractivity contribution in [1.82, 2.24) is 5.32 Å². The maximum Gasteiger partial charge on any atom is 0.339 e. The maximum atomic E-state index is 12.3. The van der Waals surface area contributed by atoms with Gasteiger partial charge in [0.2, 0.25) is 0 Å². The molecule has 1 aromatic carbocycles. The average Bonchev–Trinajstić information content (AvgIpc) is 3.14. The first kappa shape index (κ1) is 17.9. The Morgan fingerprint density at radius 2 is 2.00 bits per heavy atom. The Balaban J connectivity index is 1.23. The Labute approximate surface area is 161 Å². The zero-order valence-corrected chi connectivity index (χ0v) is 15.7. The zero-order chi connectivity index (χ0) is 18.6. The number of amides is 1. The molecule has 27 heavy (non-hydrogen) atoms. The molecule has 7 heteroatoms. The van der Waals surface area contributed by atoms with Crippen LogP contribution >= 0.6 is 11.3 Å². The fourth-order valence-electron chi connectivity index (χ4n) is 3.32. The van der Waals surface area contributed by atoms with Crippen LogP contribution in [0.15, 0.2) is 29.6 Å². The largest absolute Gasteiger partial charge is 0.486 e. The summed E-state index contributed by atoms with van der Waals surface area (Å²) < 4.78 is 16.6. The Hall–Kier alpha value is -2.54. The van der Waals surface area contributed by atoms with Crippen LogP contribution in [0.2, 0.25) is 0 Å². The van der Waals surface area contributed by atoms with Crippen LogP contribution in [0, 0.1) is 0 Å². The van der Waals surface area contributed by atoms with Crippen molar-refractivity contribution in [3.8, 4) is 11.5 Å². The van der Waals surface area contributed by atoms with E-state index in [1.165, 1.54) is 11.3 Å². The first-order chi connectivity index (χ1) is 13.2. The third-order valence-corrected chi connectivity index (χ3v) is 5.80. The second kappa shape index (κ2) is 8.00. The number of thiophene rings is 1. The van der Waals surface area contributed by atoms with Crippen LogP contribution in [0.4, 0.5) is 0 Å². The molecule has 0 unspecified atom stereocenters. The van der Waals surface area contributed by atoms with Crippen LogP contribution < -0.4 is 14.8 Å². The Kier molecular flexibility index (Phi) is 5.29. The summed E-state index contributed by atoms with van der Waals surface area (Å²) in [6, 6.07) is 7.41. The Morgan fingerprint density at radius 3 is 2.89 bits per heavy atom. The van der Waals surface area contributed by atoms with E-state index < -0.39 is 5.97 Å². The number of ether oxygens (including phenoxy) is 3. The van der Waals surface area contributed by atoms with E-state index >= 15 is 0 Å². The molecule has 1 amide bonds. The summed E-state index contributed by atoms with van der Waals surface area (Å²) in [5.41, 5.74) is 1.71. The van der Waals surface area contributed by atoms with Gasteiger partial charge in [-0.1, -0.05) is 12.1 Å². The number of carbonyl (C=O) groups is 2. The normalized spacial score (nSPS) is 17.7. The highest BCUT2D eigenvalue weighted by molar-refractivity contribution is 7.10. The van der Waals surface area contributed by atoms with Gasteiger partial charge in [-0.3, -0.25) is 4.79 Å². The lowest BCUT2D eigenvalue weighted by molar-refractivity contribution is -0.124. The SMILES string of the molecule is O=C(COC(=O)c1csc2c1CCCC2)NC[C@@H]1COc2ccccc2O1. The van der Waals surface area contributed by atoms with Crippen LogP contribution in [0.3, 0.4) is 0 Å². The first-order valence-electron chi connectivity index (χ1n) is 9.12. The minimum Gasteiger partial charge on any atom is -0.486 e. The van der Waals surface area contributed by atoms with Crippen molar-refractivity contribution in [2.75, 3.05) is 19.8 Å². The fraction of sp³-hybridized carbons (Fsp3) is 0.400. The Bertz CT molecular complexity index is 847. The Morgan fingerprint density at radius 1 is 1.19 bits per heavy atom. The molecule has 1 atom stereocenters. The molecule has 2 aromatic rings.